The number of carbonyl (C=O) groups is 2. The molecule has 2 aromatic carbocycles. The molecular weight excluding hydrogens is 372 g/mol. The van der Waals surface area contributed by atoms with Crippen LogP contribution in [0.4, 0.5) is 0 Å². The lowest BCUT2D eigenvalue weighted by atomic mass is 10.0. The number of likely N-dealkylation sites (N-methyl/N-ethyl adjacent to an activating group) is 1. The Morgan fingerprint density at radius 3 is 2.69 bits per heavy atom. The highest BCUT2D eigenvalue weighted by molar-refractivity contribution is 5.98. The van der Waals surface area contributed by atoms with Gasteiger partial charge in [-0.15, -0.1) is 0 Å². The van der Waals surface area contributed by atoms with Crippen LogP contribution in [0.5, 0.6) is 11.5 Å². The molecule has 2 aliphatic rings. The van der Waals surface area contributed by atoms with Gasteiger partial charge in [0.05, 0.1) is 25.3 Å². The summed E-state index contributed by atoms with van der Waals surface area (Å²) in [6.07, 6.45) is -0.286. The molecular formula is C22H24N2O5. The van der Waals surface area contributed by atoms with Crippen LogP contribution in [0.25, 0.3) is 11.1 Å². The molecule has 0 aliphatic carbocycles. The minimum absolute atomic E-state index is 0.0215. The molecule has 0 spiro atoms. The van der Waals surface area contributed by atoms with Gasteiger partial charge in [0.25, 0.3) is 5.91 Å². The third-order valence-corrected chi connectivity index (χ3v) is 5.57. The summed E-state index contributed by atoms with van der Waals surface area (Å²) in [5, 5.41) is 0. The maximum atomic E-state index is 13.0. The van der Waals surface area contributed by atoms with E-state index in [-0.39, 0.29) is 30.6 Å². The lowest BCUT2D eigenvalue weighted by Gasteiger charge is -2.24. The van der Waals surface area contributed by atoms with Crippen LogP contribution in [-0.4, -0.2) is 74.7 Å². The Bertz CT molecular complexity index is 945. The summed E-state index contributed by atoms with van der Waals surface area (Å²) >= 11 is 0. The van der Waals surface area contributed by atoms with Crippen molar-refractivity contribution < 1.29 is 23.8 Å². The smallest absolute Gasteiger partial charge is 0.257 e. The van der Waals surface area contributed by atoms with Crippen molar-refractivity contribution >= 4 is 11.8 Å². The number of carbonyl (C=O) groups excluding carboxylic acids is 2. The number of fused-ring (bicyclic) bond motifs is 2. The first-order valence-electron chi connectivity index (χ1n) is 9.51. The molecule has 0 aromatic heterocycles. The number of hydrogen-bond acceptors (Lipinski definition) is 5. The zero-order valence-electron chi connectivity index (χ0n) is 16.8. The van der Waals surface area contributed by atoms with Crippen molar-refractivity contribution in [3.63, 3.8) is 0 Å². The molecule has 0 radical (unpaired) electrons. The summed E-state index contributed by atoms with van der Waals surface area (Å²) in [6.45, 7) is 0.882. The predicted octanol–water partition coefficient (Wildman–Crippen LogP) is 2.05. The van der Waals surface area contributed by atoms with Crippen LogP contribution in [0.3, 0.4) is 0 Å². The van der Waals surface area contributed by atoms with Crippen LogP contribution in [0.2, 0.25) is 0 Å². The van der Waals surface area contributed by atoms with Crippen molar-refractivity contribution in [2.75, 3.05) is 41.0 Å². The van der Waals surface area contributed by atoms with Gasteiger partial charge in [0, 0.05) is 20.7 Å². The van der Waals surface area contributed by atoms with Crippen LogP contribution >= 0.6 is 0 Å². The third kappa shape index (κ3) is 3.53. The summed E-state index contributed by atoms with van der Waals surface area (Å²) in [6, 6.07) is 13.1. The minimum Gasteiger partial charge on any atom is -0.497 e. The molecule has 2 aromatic rings. The van der Waals surface area contributed by atoms with Gasteiger partial charge >= 0.3 is 0 Å². The summed E-state index contributed by atoms with van der Waals surface area (Å²) < 4.78 is 16.5. The first kappa shape index (κ1) is 19.3. The van der Waals surface area contributed by atoms with Crippen molar-refractivity contribution in [2.24, 2.45) is 0 Å². The van der Waals surface area contributed by atoms with E-state index in [1.165, 1.54) is 7.11 Å². The number of ether oxygens (including phenoxy) is 3. The number of hydrogen-bond donors (Lipinski definition) is 0. The normalized spacial score (nSPS) is 20.6. The Balaban J connectivity index is 1.66. The molecule has 0 saturated carbocycles. The predicted molar refractivity (Wildman–Crippen MR) is 107 cm³/mol. The van der Waals surface area contributed by atoms with E-state index in [9.17, 15) is 9.59 Å². The molecule has 1 saturated heterocycles. The second-order valence-electron chi connectivity index (χ2n) is 7.31. The van der Waals surface area contributed by atoms with Gasteiger partial charge in [-0.3, -0.25) is 9.59 Å². The number of nitrogens with zero attached hydrogens (tertiary/aromatic N) is 2. The van der Waals surface area contributed by atoms with E-state index >= 15 is 0 Å². The number of methoxy groups -OCH3 is 2. The monoisotopic (exact) mass is 396 g/mol. The first-order chi connectivity index (χ1) is 14.0. The van der Waals surface area contributed by atoms with E-state index in [0.29, 0.717) is 24.4 Å². The molecule has 2 atom stereocenters. The van der Waals surface area contributed by atoms with Gasteiger partial charge in [0.15, 0.2) is 0 Å². The van der Waals surface area contributed by atoms with Gasteiger partial charge in [-0.25, -0.2) is 0 Å². The lowest BCUT2D eigenvalue weighted by molar-refractivity contribution is -0.134. The number of amides is 2. The molecule has 2 heterocycles. The van der Waals surface area contributed by atoms with Crippen molar-refractivity contribution in [1.29, 1.82) is 0 Å². The van der Waals surface area contributed by atoms with E-state index in [0.717, 1.165) is 16.9 Å². The molecule has 1 fully saturated rings. The fraction of sp³-hybridized carbons (Fsp3) is 0.364. The van der Waals surface area contributed by atoms with E-state index in [4.69, 9.17) is 14.2 Å². The highest BCUT2D eigenvalue weighted by Crippen LogP contribution is 2.35. The molecule has 29 heavy (non-hydrogen) atoms. The fourth-order valence-electron chi connectivity index (χ4n) is 3.95. The average molecular weight is 396 g/mol. The molecule has 7 nitrogen and oxygen atoms in total. The van der Waals surface area contributed by atoms with E-state index < -0.39 is 0 Å². The highest BCUT2D eigenvalue weighted by atomic mass is 16.5. The van der Waals surface area contributed by atoms with Crippen molar-refractivity contribution in [1.82, 2.24) is 9.80 Å². The maximum Gasteiger partial charge on any atom is 0.257 e. The van der Waals surface area contributed by atoms with Crippen LogP contribution in [0.15, 0.2) is 42.5 Å². The van der Waals surface area contributed by atoms with Crippen molar-refractivity contribution in [2.45, 2.75) is 12.1 Å². The van der Waals surface area contributed by atoms with Crippen LogP contribution < -0.4 is 9.47 Å². The van der Waals surface area contributed by atoms with E-state index in [1.54, 1.807) is 30.0 Å². The number of benzene rings is 2. The van der Waals surface area contributed by atoms with Crippen molar-refractivity contribution in [3.8, 4) is 22.6 Å². The van der Waals surface area contributed by atoms with Crippen molar-refractivity contribution in [3.05, 3.63) is 48.0 Å². The highest BCUT2D eigenvalue weighted by Gasteiger charge is 2.43. The van der Waals surface area contributed by atoms with Gasteiger partial charge in [0.2, 0.25) is 5.91 Å². The van der Waals surface area contributed by atoms with Crippen LogP contribution in [0, 0.1) is 0 Å². The minimum atomic E-state index is -0.286. The van der Waals surface area contributed by atoms with Gasteiger partial charge in [0.1, 0.15) is 24.2 Å². The van der Waals surface area contributed by atoms with Crippen LogP contribution in [-0.2, 0) is 9.53 Å². The Hall–Kier alpha value is -3.06. The molecule has 7 heteroatoms. The standard InChI is InChI=1S/C22H24N2O5/c1-23-18-11-24(21(25)13-27-2)12-20(18)29-19-10-15(7-8-17(19)22(23)26)14-5-4-6-16(9-14)28-3/h4-10,18,20H,11-13H2,1-3H3. The first-order valence-corrected chi connectivity index (χ1v) is 9.51. The lowest BCUT2D eigenvalue weighted by Crippen LogP contribution is -2.44. The number of rotatable bonds is 4. The summed E-state index contributed by atoms with van der Waals surface area (Å²) in [5.41, 5.74) is 2.44. The van der Waals surface area contributed by atoms with E-state index in [2.05, 4.69) is 0 Å². The summed E-state index contributed by atoms with van der Waals surface area (Å²) in [5.74, 6) is 1.09. The zero-order chi connectivity index (χ0) is 20.5. The summed E-state index contributed by atoms with van der Waals surface area (Å²) in [4.78, 5) is 28.6. The molecule has 2 unspecified atom stereocenters. The second kappa shape index (κ2) is 7.75. The van der Waals surface area contributed by atoms with Gasteiger partial charge < -0.3 is 24.0 Å². The quantitative estimate of drug-likeness (QED) is 0.791. The molecule has 4 rings (SSSR count). The van der Waals surface area contributed by atoms with Crippen LogP contribution in [0.1, 0.15) is 10.4 Å². The average Bonchev–Trinajstić information content (AvgIpc) is 3.13. The van der Waals surface area contributed by atoms with Gasteiger partial charge in [-0.2, -0.15) is 0 Å². The third-order valence-electron chi connectivity index (χ3n) is 5.57. The zero-order valence-corrected chi connectivity index (χ0v) is 16.8. The Morgan fingerprint density at radius 1 is 1.14 bits per heavy atom. The van der Waals surface area contributed by atoms with E-state index in [1.807, 2.05) is 36.4 Å². The summed E-state index contributed by atoms with van der Waals surface area (Å²) in [7, 11) is 4.89. The van der Waals surface area contributed by atoms with Gasteiger partial charge in [-0.05, 0) is 35.4 Å². The van der Waals surface area contributed by atoms with Gasteiger partial charge in [-0.1, -0.05) is 18.2 Å². The largest absolute Gasteiger partial charge is 0.497 e. The molecule has 0 N–H and O–H groups in total. The topological polar surface area (TPSA) is 68.3 Å². The molecule has 2 aliphatic heterocycles. The molecule has 2 amide bonds. The number of likely N-dealkylation sites (tertiary alicyclic amines) is 1. The SMILES string of the molecule is COCC(=O)N1CC2Oc3cc(-c4cccc(OC)c4)ccc3C(=O)N(C)C2C1. The molecule has 0 bridgehead atoms. The Kier molecular flexibility index (Phi) is 5.15. The Morgan fingerprint density at radius 2 is 1.93 bits per heavy atom. The molecule has 152 valence electrons. The second-order valence-corrected chi connectivity index (χ2v) is 7.31. The maximum absolute atomic E-state index is 13.0. The Labute approximate surface area is 169 Å². The fourth-order valence-corrected chi connectivity index (χ4v) is 3.95.